The van der Waals surface area contributed by atoms with Crippen LogP contribution >= 0.6 is 0 Å². The monoisotopic (exact) mass is 324 g/mol. The van der Waals surface area contributed by atoms with Crippen LogP contribution in [0.4, 0.5) is 0 Å². The fraction of sp³-hybridized carbons (Fsp3) is 0.895. The van der Waals surface area contributed by atoms with E-state index in [-0.39, 0.29) is 23.7 Å². The van der Waals surface area contributed by atoms with Crippen LogP contribution in [-0.4, -0.2) is 29.8 Å². The maximum absolute atomic E-state index is 13.0. The second kappa shape index (κ2) is 9.94. The number of rotatable bonds is 9. The molecule has 0 bridgehead atoms. The Bertz CT molecular complexity index is 374. The van der Waals surface area contributed by atoms with E-state index in [1.807, 2.05) is 11.8 Å². The van der Waals surface area contributed by atoms with E-state index < -0.39 is 0 Å². The summed E-state index contributed by atoms with van der Waals surface area (Å²) < 4.78 is 0. The van der Waals surface area contributed by atoms with Gasteiger partial charge in [-0.25, -0.2) is 0 Å². The molecule has 0 radical (unpaired) electrons. The highest BCUT2D eigenvalue weighted by Gasteiger charge is 2.36. The van der Waals surface area contributed by atoms with Crippen molar-refractivity contribution in [2.45, 2.75) is 72.6 Å². The van der Waals surface area contributed by atoms with Crippen LogP contribution in [0, 0.1) is 23.7 Å². The molecule has 1 aliphatic heterocycles. The summed E-state index contributed by atoms with van der Waals surface area (Å²) in [6.07, 6.45) is 7.03. The lowest BCUT2D eigenvalue weighted by molar-refractivity contribution is -0.143. The van der Waals surface area contributed by atoms with Gasteiger partial charge >= 0.3 is 0 Å². The van der Waals surface area contributed by atoms with Gasteiger partial charge in [-0.3, -0.25) is 9.59 Å². The molecule has 4 heteroatoms. The fourth-order valence-electron chi connectivity index (χ4n) is 3.88. The lowest BCUT2D eigenvalue weighted by Gasteiger charge is -2.36. The van der Waals surface area contributed by atoms with Crippen LogP contribution in [0.1, 0.15) is 72.6 Å². The number of nitrogens with two attached hydrogens (primary N) is 1. The molecule has 2 atom stereocenters. The van der Waals surface area contributed by atoms with Gasteiger partial charge in [-0.2, -0.15) is 0 Å². The zero-order chi connectivity index (χ0) is 17.4. The third-order valence-corrected chi connectivity index (χ3v) is 5.12. The minimum absolute atomic E-state index is 0.158. The minimum atomic E-state index is -0.316. The molecule has 0 aliphatic carbocycles. The molecule has 2 unspecified atom stereocenters. The molecule has 2 amide bonds. The molecule has 0 aromatic rings. The van der Waals surface area contributed by atoms with E-state index in [2.05, 4.69) is 20.8 Å². The molecule has 0 aromatic heterocycles. The Kier molecular flexibility index (Phi) is 8.64. The van der Waals surface area contributed by atoms with E-state index in [4.69, 9.17) is 5.73 Å². The van der Waals surface area contributed by atoms with Crippen LogP contribution in [0.5, 0.6) is 0 Å². The predicted molar refractivity (Wildman–Crippen MR) is 94.7 cm³/mol. The molecule has 1 aliphatic rings. The molecular weight excluding hydrogens is 288 g/mol. The lowest BCUT2D eigenvalue weighted by atomic mass is 9.80. The number of amides is 2. The summed E-state index contributed by atoms with van der Waals surface area (Å²) in [5.74, 6) is 0.437. The zero-order valence-electron chi connectivity index (χ0n) is 15.5. The summed E-state index contributed by atoms with van der Waals surface area (Å²) in [6, 6.07) is 0. The topological polar surface area (TPSA) is 63.4 Å². The van der Waals surface area contributed by atoms with Gasteiger partial charge in [0, 0.05) is 24.9 Å². The largest absolute Gasteiger partial charge is 0.369 e. The van der Waals surface area contributed by atoms with Gasteiger partial charge in [0.25, 0.3) is 0 Å². The van der Waals surface area contributed by atoms with Gasteiger partial charge in [0.15, 0.2) is 0 Å². The SMILES string of the molecule is CCCC1CCN(C(=O)C(CC(C)C)C(CCC)C(N)=O)CC1. The summed E-state index contributed by atoms with van der Waals surface area (Å²) in [7, 11) is 0. The number of carbonyl (C=O) groups is 2. The van der Waals surface area contributed by atoms with Crippen molar-refractivity contribution in [3.05, 3.63) is 0 Å². The molecule has 1 fully saturated rings. The normalized spacial score (nSPS) is 18.9. The van der Waals surface area contributed by atoms with Gasteiger partial charge in [0.1, 0.15) is 0 Å². The predicted octanol–water partition coefficient (Wildman–Crippen LogP) is 3.59. The fourth-order valence-corrected chi connectivity index (χ4v) is 3.88. The molecule has 1 saturated heterocycles. The maximum atomic E-state index is 13.0. The number of likely N-dealkylation sites (tertiary alicyclic amines) is 1. The van der Waals surface area contributed by atoms with Gasteiger partial charge in [-0.05, 0) is 37.5 Å². The standard InChI is InChI=1S/C19H36N2O2/c1-5-7-15-9-11-21(12-10-15)19(23)17(13-14(3)4)16(8-6-2)18(20)22/h14-17H,5-13H2,1-4H3,(H2,20,22). The van der Waals surface area contributed by atoms with Crippen LogP contribution < -0.4 is 5.73 Å². The van der Waals surface area contributed by atoms with E-state index in [1.54, 1.807) is 0 Å². The Balaban J connectivity index is 2.77. The Labute approximate surface area is 142 Å². The number of primary amides is 1. The van der Waals surface area contributed by atoms with E-state index in [9.17, 15) is 9.59 Å². The smallest absolute Gasteiger partial charge is 0.226 e. The third-order valence-electron chi connectivity index (χ3n) is 5.12. The molecule has 134 valence electrons. The molecule has 1 heterocycles. The van der Waals surface area contributed by atoms with Crippen molar-refractivity contribution in [1.82, 2.24) is 4.90 Å². The molecule has 4 nitrogen and oxygen atoms in total. The highest BCUT2D eigenvalue weighted by Crippen LogP contribution is 2.29. The van der Waals surface area contributed by atoms with Gasteiger partial charge in [0.05, 0.1) is 0 Å². The van der Waals surface area contributed by atoms with Crippen LogP contribution in [0.15, 0.2) is 0 Å². The number of hydrogen-bond acceptors (Lipinski definition) is 2. The molecule has 0 saturated carbocycles. The number of nitrogens with zero attached hydrogens (tertiary/aromatic N) is 1. The quantitative estimate of drug-likeness (QED) is 0.704. The first-order valence-corrected chi connectivity index (χ1v) is 9.48. The Morgan fingerprint density at radius 2 is 1.70 bits per heavy atom. The Hall–Kier alpha value is -1.06. The Morgan fingerprint density at radius 1 is 1.09 bits per heavy atom. The van der Waals surface area contributed by atoms with Crippen molar-refractivity contribution in [2.75, 3.05) is 13.1 Å². The summed E-state index contributed by atoms with van der Waals surface area (Å²) in [4.78, 5) is 26.9. The highest BCUT2D eigenvalue weighted by molar-refractivity contribution is 5.87. The first-order valence-electron chi connectivity index (χ1n) is 9.48. The minimum Gasteiger partial charge on any atom is -0.369 e. The number of piperidine rings is 1. The van der Waals surface area contributed by atoms with Crippen LogP contribution in [0.25, 0.3) is 0 Å². The molecule has 23 heavy (non-hydrogen) atoms. The molecule has 1 rings (SSSR count). The molecule has 2 N–H and O–H groups in total. The van der Waals surface area contributed by atoms with E-state index in [0.29, 0.717) is 12.3 Å². The van der Waals surface area contributed by atoms with Gasteiger partial charge in [0.2, 0.25) is 11.8 Å². The van der Waals surface area contributed by atoms with Crippen molar-refractivity contribution in [3.8, 4) is 0 Å². The van der Waals surface area contributed by atoms with Crippen molar-refractivity contribution >= 4 is 11.8 Å². The molecule has 0 spiro atoms. The first kappa shape index (κ1) is 20.0. The lowest BCUT2D eigenvalue weighted by Crippen LogP contribution is -2.46. The van der Waals surface area contributed by atoms with Crippen molar-refractivity contribution in [3.63, 3.8) is 0 Å². The number of hydrogen-bond donors (Lipinski definition) is 1. The summed E-state index contributed by atoms with van der Waals surface area (Å²) in [6.45, 7) is 10.2. The maximum Gasteiger partial charge on any atom is 0.226 e. The second-order valence-corrected chi connectivity index (χ2v) is 7.59. The molecular formula is C19H36N2O2. The van der Waals surface area contributed by atoms with Crippen molar-refractivity contribution in [2.24, 2.45) is 29.4 Å². The first-order chi connectivity index (χ1) is 10.9. The van der Waals surface area contributed by atoms with Gasteiger partial charge in [-0.15, -0.1) is 0 Å². The summed E-state index contributed by atoms with van der Waals surface area (Å²) in [5.41, 5.74) is 5.62. The summed E-state index contributed by atoms with van der Waals surface area (Å²) >= 11 is 0. The van der Waals surface area contributed by atoms with Crippen molar-refractivity contribution < 1.29 is 9.59 Å². The molecule has 0 aromatic carbocycles. The van der Waals surface area contributed by atoms with E-state index >= 15 is 0 Å². The average molecular weight is 325 g/mol. The van der Waals surface area contributed by atoms with Crippen LogP contribution in [0.2, 0.25) is 0 Å². The van der Waals surface area contributed by atoms with E-state index in [1.165, 1.54) is 12.8 Å². The van der Waals surface area contributed by atoms with Crippen LogP contribution in [0.3, 0.4) is 0 Å². The highest BCUT2D eigenvalue weighted by atomic mass is 16.2. The zero-order valence-corrected chi connectivity index (χ0v) is 15.5. The second-order valence-electron chi connectivity index (χ2n) is 7.59. The summed E-state index contributed by atoms with van der Waals surface area (Å²) in [5, 5.41) is 0. The van der Waals surface area contributed by atoms with Crippen molar-refractivity contribution in [1.29, 1.82) is 0 Å². The van der Waals surface area contributed by atoms with Gasteiger partial charge in [-0.1, -0.05) is 47.0 Å². The number of carbonyl (C=O) groups excluding carboxylic acids is 2. The third kappa shape index (κ3) is 6.15. The van der Waals surface area contributed by atoms with E-state index in [0.717, 1.165) is 44.7 Å². The van der Waals surface area contributed by atoms with Gasteiger partial charge < -0.3 is 10.6 Å². The average Bonchev–Trinajstić information content (AvgIpc) is 2.50. The Morgan fingerprint density at radius 3 is 2.13 bits per heavy atom. The van der Waals surface area contributed by atoms with Crippen LogP contribution in [-0.2, 0) is 9.59 Å².